The number of nitrogens with zero attached hydrogens (tertiary/aromatic N) is 1. The van der Waals surface area contributed by atoms with Gasteiger partial charge in [0.2, 0.25) is 0 Å². The van der Waals surface area contributed by atoms with Crippen LogP contribution in [0.5, 0.6) is 0 Å². The highest BCUT2D eigenvalue weighted by molar-refractivity contribution is 5.26. The van der Waals surface area contributed by atoms with Crippen LogP contribution in [0.2, 0.25) is 0 Å². The van der Waals surface area contributed by atoms with Gasteiger partial charge in [0.15, 0.2) is 5.89 Å². The molecule has 1 aromatic heterocycles. The van der Waals surface area contributed by atoms with E-state index in [0.717, 1.165) is 30.3 Å². The number of aromatic nitrogens is 1. The fraction of sp³-hybridized carbons (Fsp3) is 0.700. The van der Waals surface area contributed by atoms with Gasteiger partial charge in [-0.25, -0.2) is 4.98 Å². The van der Waals surface area contributed by atoms with Crippen LogP contribution in [0.1, 0.15) is 36.6 Å². The van der Waals surface area contributed by atoms with Crippen LogP contribution in [0, 0.1) is 13.8 Å². The minimum atomic E-state index is 0.250. The second-order valence-electron chi connectivity index (χ2n) is 3.97. The summed E-state index contributed by atoms with van der Waals surface area (Å²) >= 11 is 0. The van der Waals surface area contributed by atoms with Gasteiger partial charge in [0.05, 0.1) is 5.69 Å². The van der Waals surface area contributed by atoms with E-state index in [0.29, 0.717) is 0 Å². The first-order chi connectivity index (χ1) is 6.18. The summed E-state index contributed by atoms with van der Waals surface area (Å²) in [5.74, 6) is 1.85. The van der Waals surface area contributed by atoms with Gasteiger partial charge in [-0.3, -0.25) is 0 Å². The van der Waals surface area contributed by atoms with E-state index in [1.54, 1.807) is 0 Å². The van der Waals surface area contributed by atoms with Crippen molar-refractivity contribution in [2.75, 3.05) is 6.54 Å². The fourth-order valence-electron chi connectivity index (χ4n) is 2.04. The van der Waals surface area contributed by atoms with Crippen molar-refractivity contribution in [3.05, 3.63) is 17.3 Å². The molecule has 0 atom stereocenters. The van der Waals surface area contributed by atoms with Crippen molar-refractivity contribution >= 4 is 0 Å². The Labute approximate surface area is 78.3 Å². The van der Waals surface area contributed by atoms with E-state index in [2.05, 4.69) is 4.98 Å². The topological polar surface area (TPSA) is 52.0 Å². The lowest BCUT2D eigenvalue weighted by Gasteiger charge is -2.10. The van der Waals surface area contributed by atoms with Crippen LogP contribution in [-0.4, -0.2) is 11.5 Å². The van der Waals surface area contributed by atoms with E-state index >= 15 is 0 Å². The molecule has 0 unspecified atom stereocenters. The largest absolute Gasteiger partial charge is 0.445 e. The predicted octanol–water partition coefficient (Wildman–Crippen LogP) is 1.67. The van der Waals surface area contributed by atoms with Crippen molar-refractivity contribution in [2.45, 2.75) is 38.5 Å². The Morgan fingerprint density at radius 2 is 2.15 bits per heavy atom. The average molecular weight is 180 g/mol. The maximum absolute atomic E-state index is 5.63. The molecule has 1 aromatic rings. The highest BCUT2D eigenvalue weighted by Gasteiger charge is 2.47. The first-order valence-corrected chi connectivity index (χ1v) is 4.82. The second kappa shape index (κ2) is 2.84. The standard InChI is InChI=1S/C10H16N2O/c1-7-9(13-8(2)12-7)10(3-4-10)5-6-11/h3-6,11H2,1-2H3. The molecule has 0 radical (unpaired) electrons. The van der Waals surface area contributed by atoms with Gasteiger partial charge < -0.3 is 10.2 Å². The molecule has 1 aliphatic rings. The minimum absolute atomic E-state index is 0.250. The molecule has 72 valence electrons. The molecule has 1 heterocycles. The van der Waals surface area contributed by atoms with E-state index in [1.807, 2.05) is 13.8 Å². The zero-order valence-electron chi connectivity index (χ0n) is 8.26. The third-order valence-corrected chi connectivity index (χ3v) is 2.86. The smallest absolute Gasteiger partial charge is 0.191 e. The third kappa shape index (κ3) is 1.37. The summed E-state index contributed by atoms with van der Waals surface area (Å²) in [5, 5.41) is 0. The van der Waals surface area contributed by atoms with Crippen molar-refractivity contribution in [2.24, 2.45) is 5.73 Å². The van der Waals surface area contributed by atoms with E-state index < -0.39 is 0 Å². The first-order valence-electron chi connectivity index (χ1n) is 4.82. The number of aryl methyl sites for hydroxylation is 2. The maximum atomic E-state index is 5.63. The zero-order valence-corrected chi connectivity index (χ0v) is 8.26. The van der Waals surface area contributed by atoms with Gasteiger partial charge in [0.1, 0.15) is 5.76 Å². The lowest BCUT2D eigenvalue weighted by atomic mass is 9.98. The Kier molecular flexibility index (Phi) is 1.91. The van der Waals surface area contributed by atoms with E-state index in [1.165, 1.54) is 12.8 Å². The van der Waals surface area contributed by atoms with Crippen molar-refractivity contribution < 1.29 is 4.42 Å². The molecule has 1 aliphatic carbocycles. The van der Waals surface area contributed by atoms with Gasteiger partial charge in [-0.2, -0.15) is 0 Å². The summed E-state index contributed by atoms with van der Waals surface area (Å²) in [7, 11) is 0. The summed E-state index contributed by atoms with van der Waals surface area (Å²) in [6.07, 6.45) is 3.45. The molecule has 0 aliphatic heterocycles. The SMILES string of the molecule is Cc1nc(C)c(C2(CCN)CC2)o1. The molecule has 0 aromatic carbocycles. The molecular formula is C10H16N2O. The van der Waals surface area contributed by atoms with Gasteiger partial charge in [-0.1, -0.05) is 0 Å². The molecule has 0 spiro atoms. The third-order valence-electron chi connectivity index (χ3n) is 2.86. The summed E-state index contributed by atoms with van der Waals surface area (Å²) in [5.41, 5.74) is 6.88. The molecular weight excluding hydrogens is 164 g/mol. The maximum Gasteiger partial charge on any atom is 0.191 e. The minimum Gasteiger partial charge on any atom is -0.445 e. The van der Waals surface area contributed by atoms with E-state index in [-0.39, 0.29) is 5.41 Å². The molecule has 2 N–H and O–H groups in total. The molecule has 0 amide bonds. The number of nitrogens with two attached hydrogens (primary N) is 1. The molecule has 3 nitrogen and oxygen atoms in total. The van der Waals surface area contributed by atoms with Crippen LogP contribution in [0.25, 0.3) is 0 Å². The molecule has 3 heteroatoms. The molecule has 2 rings (SSSR count). The van der Waals surface area contributed by atoms with Crippen molar-refractivity contribution in [1.82, 2.24) is 4.98 Å². The zero-order chi connectivity index (χ0) is 9.47. The highest BCUT2D eigenvalue weighted by atomic mass is 16.4. The highest BCUT2D eigenvalue weighted by Crippen LogP contribution is 2.51. The Morgan fingerprint density at radius 1 is 1.46 bits per heavy atom. The van der Waals surface area contributed by atoms with Gasteiger partial charge in [0, 0.05) is 12.3 Å². The Bertz CT molecular complexity index is 313. The Hall–Kier alpha value is -0.830. The number of hydrogen-bond acceptors (Lipinski definition) is 3. The van der Waals surface area contributed by atoms with Gasteiger partial charge in [-0.15, -0.1) is 0 Å². The van der Waals surface area contributed by atoms with Crippen LogP contribution >= 0.6 is 0 Å². The quantitative estimate of drug-likeness (QED) is 0.769. The predicted molar refractivity (Wildman–Crippen MR) is 50.6 cm³/mol. The molecule has 1 saturated carbocycles. The van der Waals surface area contributed by atoms with Gasteiger partial charge in [0.25, 0.3) is 0 Å². The van der Waals surface area contributed by atoms with Crippen LogP contribution in [-0.2, 0) is 5.41 Å². The van der Waals surface area contributed by atoms with Crippen LogP contribution in [0.4, 0.5) is 0 Å². The first kappa shape index (κ1) is 8.75. The van der Waals surface area contributed by atoms with Crippen molar-refractivity contribution in [3.8, 4) is 0 Å². The lowest BCUT2D eigenvalue weighted by Crippen LogP contribution is -2.13. The number of rotatable bonds is 3. The number of oxazole rings is 1. The number of hydrogen-bond donors (Lipinski definition) is 1. The Balaban J connectivity index is 2.29. The molecule has 0 saturated heterocycles. The normalized spacial score (nSPS) is 19.0. The average Bonchev–Trinajstić information content (AvgIpc) is 2.74. The monoisotopic (exact) mass is 180 g/mol. The van der Waals surface area contributed by atoms with Crippen molar-refractivity contribution in [1.29, 1.82) is 0 Å². The fourth-order valence-corrected chi connectivity index (χ4v) is 2.04. The van der Waals surface area contributed by atoms with Crippen LogP contribution < -0.4 is 5.73 Å². The lowest BCUT2D eigenvalue weighted by molar-refractivity contribution is 0.415. The second-order valence-corrected chi connectivity index (χ2v) is 3.97. The molecule has 1 fully saturated rings. The Morgan fingerprint density at radius 3 is 2.54 bits per heavy atom. The summed E-state index contributed by atoms with van der Waals surface area (Å²) in [4.78, 5) is 4.29. The molecule has 13 heavy (non-hydrogen) atoms. The summed E-state index contributed by atoms with van der Waals surface area (Å²) < 4.78 is 5.63. The van der Waals surface area contributed by atoms with Crippen molar-refractivity contribution in [3.63, 3.8) is 0 Å². The summed E-state index contributed by atoms with van der Waals surface area (Å²) in [6.45, 7) is 4.65. The van der Waals surface area contributed by atoms with Gasteiger partial charge >= 0.3 is 0 Å². The van der Waals surface area contributed by atoms with Crippen LogP contribution in [0.15, 0.2) is 4.42 Å². The summed E-state index contributed by atoms with van der Waals surface area (Å²) in [6, 6.07) is 0. The van der Waals surface area contributed by atoms with E-state index in [4.69, 9.17) is 10.2 Å². The van der Waals surface area contributed by atoms with Gasteiger partial charge in [-0.05, 0) is 32.7 Å². The van der Waals surface area contributed by atoms with E-state index in [9.17, 15) is 0 Å². The van der Waals surface area contributed by atoms with Crippen LogP contribution in [0.3, 0.4) is 0 Å². The molecule has 0 bridgehead atoms.